The summed E-state index contributed by atoms with van der Waals surface area (Å²) in [6, 6.07) is 4.06. The maximum absolute atomic E-state index is 12.7. The average molecular weight is 484 g/mol. The lowest BCUT2D eigenvalue weighted by atomic mass is 9.72. The van der Waals surface area contributed by atoms with Crippen LogP contribution in [0.3, 0.4) is 0 Å². The topological polar surface area (TPSA) is 84.6 Å². The Morgan fingerprint density at radius 3 is 2.68 bits per heavy atom. The van der Waals surface area contributed by atoms with Crippen LogP contribution >= 0.6 is 11.6 Å². The quantitative estimate of drug-likeness (QED) is 0.642. The Balaban J connectivity index is 1.53. The van der Waals surface area contributed by atoms with Gasteiger partial charge in [0, 0.05) is 53.6 Å². The van der Waals surface area contributed by atoms with Gasteiger partial charge >= 0.3 is 6.09 Å². The van der Waals surface area contributed by atoms with Crippen LogP contribution in [-0.4, -0.2) is 46.2 Å². The number of benzene rings is 1. The van der Waals surface area contributed by atoms with E-state index in [0.29, 0.717) is 30.6 Å². The summed E-state index contributed by atoms with van der Waals surface area (Å²) in [6.45, 7) is 10.4. The van der Waals surface area contributed by atoms with Crippen molar-refractivity contribution in [2.75, 3.05) is 24.5 Å². The number of ether oxygens (including phenoxy) is 1. The first kappa shape index (κ1) is 23.4. The molecule has 1 aliphatic carbocycles. The Kier molecular flexibility index (Phi) is 5.76. The summed E-state index contributed by atoms with van der Waals surface area (Å²) < 4.78 is 5.63. The number of carbonyl (C=O) groups excluding carboxylic acids is 1. The Labute approximate surface area is 206 Å². The summed E-state index contributed by atoms with van der Waals surface area (Å²) in [6.07, 6.45) is 5.20. The Bertz CT molecular complexity index is 1120. The second-order valence-corrected chi connectivity index (χ2v) is 11.4. The highest BCUT2D eigenvalue weighted by Crippen LogP contribution is 2.53. The maximum Gasteiger partial charge on any atom is 0.410 e. The van der Waals surface area contributed by atoms with Gasteiger partial charge in [0.05, 0.1) is 0 Å². The van der Waals surface area contributed by atoms with Gasteiger partial charge in [-0.2, -0.15) is 0 Å². The molecule has 0 bridgehead atoms. The molecule has 1 amide bonds. The lowest BCUT2D eigenvalue weighted by Crippen LogP contribution is -2.48. The minimum atomic E-state index is -0.507. The SMILES string of the molecule is C[C@@H]1CCc2ncnc(N3CC4(CCN(C(=O)OC(C)(C)C)CC4)c4c3ccc(Cl)c4CN)c21. The minimum Gasteiger partial charge on any atom is -0.444 e. The molecule has 2 N–H and O–H groups in total. The van der Waals surface area contributed by atoms with E-state index < -0.39 is 5.60 Å². The molecule has 1 aromatic heterocycles. The predicted octanol–water partition coefficient (Wildman–Crippen LogP) is 5.06. The number of aromatic nitrogens is 2. The van der Waals surface area contributed by atoms with E-state index in [2.05, 4.69) is 22.9 Å². The Morgan fingerprint density at radius 2 is 2.00 bits per heavy atom. The number of likely N-dealkylation sites (tertiary alicyclic amines) is 1. The van der Waals surface area contributed by atoms with Gasteiger partial charge in [0.25, 0.3) is 0 Å². The lowest BCUT2D eigenvalue weighted by molar-refractivity contribution is 0.0170. The van der Waals surface area contributed by atoms with Crippen molar-refractivity contribution in [1.29, 1.82) is 0 Å². The predicted molar refractivity (Wildman–Crippen MR) is 134 cm³/mol. The molecule has 3 aliphatic rings. The van der Waals surface area contributed by atoms with E-state index in [1.165, 1.54) is 11.1 Å². The van der Waals surface area contributed by atoms with Crippen LogP contribution in [0.15, 0.2) is 18.5 Å². The number of rotatable bonds is 2. The number of anilines is 2. The van der Waals surface area contributed by atoms with Gasteiger partial charge in [-0.25, -0.2) is 14.8 Å². The highest BCUT2D eigenvalue weighted by atomic mass is 35.5. The third-order valence-corrected chi connectivity index (χ3v) is 7.95. The van der Waals surface area contributed by atoms with Crippen LogP contribution < -0.4 is 10.6 Å². The molecule has 0 unspecified atom stereocenters. The van der Waals surface area contributed by atoms with E-state index in [9.17, 15) is 4.79 Å². The maximum atomic E-state index is 12.7. The number of halogens is 1. The number of amides is 1. The number of nitrogens with zero attached hydrogens (tertiary/aromatic N) is 4. The van der Waals surface area contributed by atoms with Crippen molar-refractivity contribution in [2.24, 2.45) is 5.73 Å². The molecule has 182 valence electrons. The van der Waals surface area contributed by atoms with E-state index >= 15 is 0 Å². The van der Waals surface area contributed by atoms with Crippen molar-refractivity contribution in [3.8, 4) is 0 Å². The summed E-state index contributed by atoms with van der Waals surface area (Å²) in [4.78, 5) is 26.3. The second kappa shape index (κ2) is 8.38. The standard InChI is InChI=1S/C26H34ClN5O2/c1-16-5-7-19-21(16)23(30-15-29-19)32-14-26(22-17(13-28)18(27)6-8-20(22)32)9-11-31(12-10-26)24(33)34-25(2,3)4/h6,8,15-16H,5,7,9-14,28H2,1-4H3/t16-/m1/s1. The zero-order valence-corrected chi connectivity index (χ0v) is 21.3. The Morgan fingerprint density at radius 1 is 1.26 bits per heavy atom. The number of aryl methyl sites for hydroxylation is 1. The van der Waals surface area contributed by atoms with Crippen LogP contribution in [-0.2, 0) is 23.1 Å². The van der Waals surface area contributed by atoms with Gasteiger partial charge in [-0.3, -0.25) is 0 Å². The number of piperidine rings is 1. The third-order valence-electron chi connectivity index (χ3n) is 7.60. The van der Waals surface area contributed by atoms with E-state index in [-0.39, 0.29) is 11.5 Å². The van der Waals surface area contributed by atoms with Crippen molar-refractivity contribution in [2.45, 2.75) is 76.9 Å². The van der Waals surface area contributed by atoms with Gasteiger partial charge in [0.1, 0.15) is 17.7 Å². The van der Waals surface area contributed by atoms with Gasteiger partial charge in [-0.1, -0.05) is 18.5 Å². The van der Waals surface area contributed by atoms with Crippen LogP contribution in [0, 0.1) is 0 Å². The number of nitrogens with two attached hydrogens (primary N) is 1. The lowest BCUT2D eigenvalue weighted by Gasteiger charge is -2.41. The molecule has 7 nitrogen and oxygen atoms in total. The first-order valence-corrected chi connectivity index (χ1v) is 12.6. The molecule has 0 radical (unpaired) electrons. The van der Waals surface area contributed by atoms with Crippen LogP contribution in [0.2, 0.25) is 5.02 Å². The molecule has 34 heavy (non-hydrogen) atoms. The van der Waals surface area contributed by atoms with Gasteiger partial charge < -0.3 is 20.3 Å². The molecule has 0 saturated carbocycles. The largest absolute Gasteiger partial charge is 0.444 e. The zero-order chi connectivity index (χ0) is 24.3. The highest BCUT2D eigenvalue weighted by Gasteiger charge is 2.48. The fraction of sp³-hybridized carbons (Fsp3) is 0.577. The summed E-state index contributed by atoms with van der Waals surface area (Å²) in [5.41, 5.74) is 11.4. The minimum absolute atomic E-state index is 0.146. The smallest absolute Gasteiger partial charge is 0.410 e. The number of hydrogen-bond donors (Lipinski definition) is 1. The van der Waals surface area contributed by atoms with Crippen LogP contribution in [0.4, 0.5) is 16.3 Å². The van der Waals surface area contributed by atoms with Crippen LogP contribution in [0.1, 0.15) is 75.3 Å². The first-order chi connectivity index (χ1) is 16.1. The molecule has 1 aromatic carbocycles. The molecule has 5 rings (SSSR count). The monoisotopic (exact) mass is 483 g/mol. The molecule has 1 saturated heterocycles. The van der Waals surface area contributed by atoms with E-state index in [4.69, 9.17) is 27.1 Å². The van der Waals surface area contributed by atoms with E-state index in [1.807, 2.05) is 31.7 Å². The summed E-state index contributed by atoms with van der Waals surface area (Å²) in [5, 5.41) is 0.707. The van der Waals surface area contributed by atoms with Crippen molar-refractivity contribution < 1.29 is 9.53 Å². The van der Waals surface area contributed by atoms with Crippen molar-refractivity contribution >= 4 is 29.2 Å². The van der Waals surface area contributed by atoms with E-state index in [1.54, 1.807) is 6.33 Å². The van der Waals surface area contributed by atoms with Crippen molar-refractivity contribution in [1.82, 2.24) is 14.9 Å². The molecule has 1 spiro atoms. The molecule has 1 fully saturated rings. The second-order valence-electron chi connectivity index (χ2n) is 11.0. The summed E-state index contributed by atoms with van der Waals surface area (Å²) in [7, 11) is 0. The molecular weight excluding hydrogens is 450 g/mol. The molecular formula is C26H34ClN5O2. The molecule has 3 heterocycles. The zero-order valence-electron chi connectivity index (χ0n) is 20.5. The van der Waals surface area contributed by atoms with Gasteiger partial charge in [-0.05, 0) is 75.6 Å². The molecule has 2 aromatic rings. The number of fused-ring (bicyclic) bond motifs is 3. The average Bonchev–Trinajstić information content (AvgIpc) is 3.32. The van der Waals surface area contributed by atoms with Gasteiger partial charge in [-0.15, -0.1) is 0 Å². The van der Waals surface area contributed by atoms with Gasteiger partial charge in [0.15, 0.2) is 0 Å². The van der Waals surface area contributed by atoms with Crippen molar-refractivity contribution in [3.05, 3.63) is 45.9 Å². The molecule has 1 atom stereocenters. The molecule has 8 heteroatoms. The summed E-state index contributed by atoms with van der Waals surface area (Å²) >= 11 is 6.66. The number of carbonyl (C=O) groups is 1. The first-order valence-electron chi connectivity index (χ1n) is 12.2. The van der Waals surface area contributed by atoms with E-state index in [0.717, 1.165) is 55.0 Å². The van der Waals surface area contributed by atoms with Crippen LogP contribution in [0.25, 0.3) is 0 Å². The number of hydrogen-bond acceptors (Lipinski definition) is 6. The summed E-state index contributed by atoms with van der Waals surface area (Å²) in [5.74, 6) is 1.44. The third kappa shape index (κ3) is 3.83. The fourth-order valence-corrected chi connectivity index (χ4v) is 6.21. The van der Waals surface area contributed by atoms with Crippen molar-refractivity contribution in [3.63, 3.8) is 0 Å². The highest BCUT2D eigenvalue weighted by molar-refractivity contribution is 6.31. The van der Waals surface area contributed by atoms with Crippen LogP contribution in [0.5, 0.6) is 0 Å². The molecule has 2 aliphatic heterocycles. The Hall–Kier alpha value is -2.38. The van der Waals surface area contributed by atoms with Gasteiger partial charge in [0.2, 0.25) is 0 Å². The normalized spacial score (nSPS) is 21.1. The fourth-order valence-electron chi connectivity index (χ4n) is 5.97.